The molecule has 0 saturated carbocycles. The van der Waals surface area contributed by atoms with Gasteiger partial charge < -0.3 is 20.4 Å². The summed E-state index contributed by atoms with van der Waals surface area (Å²) >= 11 is 0. The molecule has 2 aromatic rings. The lowest BCUT2D eigenvalue weighted by Gasteiger charge is -2.29. The molecular weight excluding hydrogens is 385 g/mol. The molecule has 2 aromatic carbocycles. The molecule has 1 saturated heterocycles. The lowest BCUT2D eigenvalue weighted by molar-refractivity contribution is -1.00. The smallest absolute Gasteiger partial charge is 0.279 e. The Morgan fingerprint density at radius 3 is 1.79 bits per heavy atom. The maximum absolute atomic E-state index is 13.6. The maximum Gasteiger partial charge on any atom is 0.279 e. The van der Waals surface area contributed by atoms with Crippen LogP contribution in [0.5, 0.6) is 0 Å². The SMILES string of the molecule is O=C(C[NH+]1CC[NH+](CC(=O)Nc2ccc(F)cc2F)CC1)Nc1ccccc1F. The van der Waals surface area contributed by atoms with Crippen molar-refractivity contribution in [2.24, 2.45) is 0 Å². The van der Waals surface area contributed by atoms with E-state index in [2.05, 4.69) is 10.6 Å². The highest BCUT2D eigenvalue weighted by Crippen LogP contribution is 2.14. The topological polar surface area (TPSA) is 67.1 Å². The average molecular weight is 408 g/mol. The van der Waals surface area contributed by atoms with Crippen LogP contribution in [0, 0.1) is 17.5 Å². The molecule has 1 fully saturated rings. The quantitative estimate of drug-likeness (QED) is 0.519. The second kappa shape index (κ2) is 9.53. The van der Waals surface area contributed by atoms with Crippen molar-refractivity contribution < 1.29 is 32.6 Å². The van der Waals surface area contributed by atoms with Crippen molar-refractivity contribution in [3.8, 4) is 0 Å². The van der Waals surface area contributed by atoms with E-state index >= 15 is 0 Å². The van der Waals surface area contributed by atoms with Gasteiger partial charge in [-0.25, -0.2) is 13.2 Å². The fourth-order valence-corrected chi connectivity index (χ4v) is 3.31. The predicted molar refractivity (Wildman–Crippen MR) is 101 cm³/mol. The predicted octanol–water partition coefficient (Wildman–Crippen LogP) is -0.535. The minimum atomic E-state index is -0.816. The molecule has 0 radical (unpaired) electrons. The summed E-state index contributed by atoms with van der Waals surface area (Å²) in [4.78, 5) is 26.3. The molecule has 0 unspecified atom stereocenters. The number of carbonyl (C=O) groups excluding carboxylic acids is 2. The molecule has 6 nitrogen and oxygen atoms in total. The molecule has 9 heteroatoms. The highest BCUT2D eigenvalue weighted by atomic mass is 19.1. The number of benzene rings is 2. The van der Waals surface area contributed by atoms with Gasteiger partial charge >= 0.3 is 0 Å². The lowest BCUT2D eigenvalue weighted by atomic mass is 10.2. The summed E-state index contributed by atoms with van der Waals surface area (Å²) in [6.45, 7) is 3.07. The number of nitrogens with one attached hydrogen (secondary N) is 4. The van der Waals surface area contributed by atoms with E-state index in [1.807, 2.05) is 0 Å². The number of carbonyl (C=O) groups is 2. The Labute approximate surface area is 166 Å². The van der Waals surface area contributed by atoms with E-state index in [9.17, 15) is 22.8 Å². The summed E-state index contributed by atoms with van der Waals surface area (Å²) in [5, 5.41) is 5.02. The fourth-order valence-electron chi connectivity index (χ4n) is 3.31. The van der Waals surface area contributed by atoms with Gasteiger partial charge in [0.2, 0.25) is 0 Å². The number of amides is 2. The molecule has 0 bridgehead atoms. The van der Waals surface area contributed by atoms with Gasteiger partial charge in [-0.15, -0.1) is 0 Å². The van der Waals surface area contributed by atoms with E-state index in [-0.39, 0.29) is 36.3 Å². The van der Waals surface area contributed by atoms with Crippen LogP contribution in [-0.2, 0) is 9.59 Å². The van der Waals surface area contributed by atoms with Crippen molar-refractivity contribution in [2.75, 3.05) is 49.9 Å². The first-order chi connectivity index (χ1) is 13.9. The maximum atomic E-state index is 13.6. The Kier molecular flexibility index (Phi) is 6.84. The number of para-hydroxylation sites is 1. The van der Waals surface area contributed by atoms with E-state index in [1.165, 1.54) is 18.2 Å². The summed E-state index contributed by atoms with van der Waals surface area (Å²) < 4.78 is 40.1. The van der Waals surface area contributed by atoms with E-state index < -0.39 is 17.5 Å². The Balaban J connectivity index is 1.41. The summed E-state index contributed by atoms with van der Waals surface area (Å²) in [5.41, 5.74) is 0.107. The van der Waals surface area contributed by atoms with Gasteiger partial charge in [-0.3, -0.25) is 9.59 Å². The van der Waals surface area contributed by atoms with Crippen molar-refractivity contribution in [3.63, 3.8) is 0 Å². The van der Waals surface area contributed by atoms with Crippen LogP contribution in [0.25, 0.3) is 0 Å². The third-order valence-electron chi connectivity index (χ3n) is 4.84. The molecule has 29 heavy (non-hydrogen) atoms. The Bertz CT molecular complexity index is 886. The first-order valence-electron chi connectivity index (χ1n) is 9.37. The second-order valence-electron chi connectivity index (χ2n) is 7.05. The van der Waals surface area contributed by atoms with Crippen molar-refractivity contribution in [3.05, 3.63) is 59.9 Å². The number of anilines is 2. The highest BCUT2D eigenvalue weighted by molar-refractivity contribution is 5.92. The van der Waals surface area contributed by atoms with Gasteiger partial charge in [0.25, 0.3) is 11.8 Å². The number of quaternary nitrogens is 2. The molecule has 1 aliphatic heterocycles. The Morgan fingerprint density at radius 2 is 1.28 bits per heavy atom. The summed E-state index contributed by atoms with van der Waals surface area (Å²) in [7, 11) is 0. The second-order valence-corrected chi connectivity index (χ2v) is 7.05. The molecule has 1 aliphatic rings. The number of rotatable bonds is 6. The van der Waals surface area contributed by atoms with Gasteiger partial charge in [0.05, 0.1) is 11.4 Å². The van der Waals surface area contributed by atoms with Gasteiger partial charge in [-0.05, 0) is 24.3 Å². The lowest BCUT2D eigenvalue weighted by Crippen LogP contribution is -3.28. The number of hydrogen-bond donors (Lipinski definition) is 4. The molecule has 3 rings (SSSR count). The normalized spacial score (nSPS) is 18.9. The number of piperazine rings is 1. The van der Waals surface area contributed by atoms with Crippen LogP contribution in [0.2, 0.25) is 0 Å². The third kappa shape index (κ3) is 6.03. The number of halogens is 3. The summed E-state index contributed by atoms with van der Waals surface area (Å²) in [5.74, 6) is -2.62. The zero-order valence-electron chi connectivity index (χ0n) is 15.7. The van der Waals surface area contributed by atoms with Gasteiger partial charge in [0, 0.05) is 6.07 Å². The van der Waals surface area contributed by atoms with E-state index in [0.717, 1.165) is 21.9 Å². The average Bonchev–Trinajstić information content (AvgIpc) is 2.67. The van der Waals surface area contributed by atoms with Gasteiger partial charge in [0.15, 0.2) is 13.1 Å². The van der Waals surface area contributed by atoms with Crippen LogP contribution in [0.4, 0.5) is 24.5 Å². The van der Waals surface area contributed by atoms with Crippen LogP contribution >= 0.6 is 0 Å². The van der Waals surface area contributed by atoms with Crippen molar-refractivity contribution in [1.82, 2.24) is 0 Å². The zero-order valence-corrected chi connectivity index (χ0v) is 15.7. The summed E-state index contributed by atoms with van der Waals surface area (Å²) in [6, 6.07) is 8.99. The van der Waals surface area contributed by atoms with Gasteiger partial charge in [-0.2, -0.15) is 0 Å². The van der Waals surface area contributed by atoms with Gasteiger partial charge in [0.1, 0.15) is 43.6 Å². The van der Waals surface area contributed by atoms with Gasteiger partial charge in [-0.1, -0.05) is 12.1 Å². The first kappa shape index (κ1) is 20.8. The van der Waals surface area contributed by atoms with Crippen molar-refractivity contribution >= 4 is 23.2 Å². The Morgan fingerprint density at radius 1 is 0.759 bits per heavy atom. The zero-order chi connectivity index (χ0) is 20.8. The molecule has 4 N–H and O–H groups in total. The van der Waals surface area contributed by atoms with Crippen LogP contribution in [-0.4, -0.2) is 51.1 Å². The van der Waals surface area contributed by atoms with Crippen LogP contribution in [0.3, 0.4) is 0 Å². The van der Waals surface area contributed by atoms with E-state index in [0.29, 0.717) is 26.2 Å². The first-order valence-corrected chi connectivity index (χ1v) is 9.37. The molecule has 0 spiro atoms. The largest absolute Gasteiger partial charge is 0.319 e. The Hall–Kier alpha value is -2.91. The van der Waals surface area contributed by atoms with E-state index in [1.54, 1.807) is 12.1 Å². The van der Waals surface area contributed by atoms with Crippen LogP contribution < -0.4 is 20.4 Å². The highest BCUT2D eigenvalue weighted by Gasteiger charge is 2.26. The minimum absolute atomic E-state index is 0.0510. The van der Waals surface area contributed by atoms with E-state index in [4.69, 9.17) is 0 Å². The standard InChI is InChI=1S/C20H21F3N4O2/c21-14-5-6-18(16(23)11-14)25-20(29)13-27-9-7-26(8-10-27)12-19(28)24-17-4-2-1-3-15(17)22/h1-6,11H,7-10,12-13H2,(H,24,28)(H,25,29)/p+2. The molecule has 2 amide bonds. The van der Waals surface area contributed by atoms with Crippen LogP contribution in [0.15, 0.2) is 42.5 Å². The number of hydrogen-bond acceptors (Lipinski definition) is 2. The fraction of sp³-hybridized carbons (Fsp3) is 0.300. The molecule has 0 atom stereocenters. The molecule has 154 valence electrons. The van der Waals surface area contributed by atoms with Crippen LogP contribution in [0.1, 0.15) is 0 Å². The summed E-state index contributed by atoms with van der Waals surface area (Å²) in [6.07, 6.45) is 0. The molecule has 1 heterocycles. The van der Waals surface area contributed by atoms with Crippen molar-refractivity contribution in [1.29, 1.82) is 0 Å². The third-order valence-corrected chi connectivity index (χ3v) is 4.84. The van der Waals surface area contributed by atoms with Crippen molar-refractivity contribution in [2.45, 2.75) is 0 Å². The molecule has 0 aromatic heterocycles. The molecular formula is C20H23F3N4O2+2. The monoisotopic (exact) mass is 408 g/mol. The molecule has 0 aliphatic carbocycles. The minimum Gasteiger partial charge on any atom is -0.319 e.